The van der Waals surface area contributed by atoms with Gasteiger partial charge in [0.25, 0.3) is 0 Å². The number of rotatable bonds is 4. The highest BCUT2D eigenvalue weighted by molar-refractivity contribution is 5.35. The van der Waals surface area contributed by atoms with E-state index in [0.29, 0.717) is 24.5 Å². The van der Waals surface area contributed by atoms with Crippen molar-refractivity contribution in [2.75, 3.05) is 20.3 Å². The fraction of sp³-hybridized carbons (Fsp3) is 0.500. The van der Waals surface area contributed by atoms with E-state index in [1.54, 1.807) is 0 Å². The molecule has 1 fully saturated rings. The molecule has 0 saturated carbocycles. The Balaban J connectivity index is 2.11. The minimum Gasteiger partial charge on any atom is -0.496 e. The van der Waals surface area contributed by atoms with Crippen LogP contribution in [0.15, 0.2) is 18.2 Å². The Hall–Kier alpha value is -1.17. The fourth-order valence-electron chi connectivity index (χ4n) is 1.82. The van der Waals surface area contributed by atoms with Crippen molar-refractivity contribution in [3.63, 3.8) is 0 Å². The summed E-state index contributed by atoms with van der Waals surface area (Å²) in [6.07, 6.45) is -1.04. The Morgan fingerprint density at radius 3 is 2.82 bits per heavy atom. The maximum absolute atomic E-state index is 13.1. The Labute approximate surface area is 98.9 Å². The average Bonchev–Trinajstić information content (AvgIpc) is 2.81. The van der Waals surface area contributed by atoms with Crippen molar-refractivity contribution in [3.8, 4) is 5.75 Å². The highest BCUT2D eigenvalue weighted by Crippen LogP contribution is 2.30. The first-order valence-electron chi connectivity index (χ1n) is 5.45. The topological polar surface area (TPSA) is 47.9 Å². The summed E-state index contributed by atoms with van der Waals surface area (Å²) in [6, 6.07) is 4.04. The van der Waals surface area contributed by atoms with Gasteiger partial charge in [-0.15, -0.1) is 0 Å². The zero-order valence-corrected chi connectivity index (χ0v) is 9.56. The van der Waals surface area contributed by atoms with Gasteiger partial charge in [0.2, 0.25) is 0 Å². The third kappa shape index (κ3) is 2.94. The summed E-state index contributed by atoms with van der Waals surface area (Å²) in [5, 5.41) is 10.0. The molecular weight excluding hydrogens is 227 g/mol. The van der Waals surface area contributed by atoms with Crippen LogP contribution < -0.4 is 4.74 Å². The zero-order chi connectivity index (χ0) is 12.3. The van der Waals surface area contributed by atoms with Gasteiger partial charge in [-0.2, -0.15) is 0 Å². The maximum atomic E-state index is 13.1. The molecule has 1 aromatic rings. The average molecular weight is 242 g/mol. The van der Waals surface area contributed by atoms with Crippen LogP contribution >= 0.6 is 0 Å². The molecule has 1 aromatic carbocycles. The van der Waals surface area contributed by atoms with Crippen LogP contribution in [0, 0.1) is 5.82 Å². The first-order valence-corrected chi connectivity index (χ1v) is 5.45. The lowest BCUT2D eigenvalue weighted by molar-refractivity contribution is -0.0710. The second-order valence-corrected chi connectivity index (χ2v) is 3.81. The first-order chi connectivity index (χ1) is 8.20. The molecule has 1 atom stereocenters. The van der Waals surface area contributed by atoms with E-state index in [1.807, 2.05) is 0 Å². The summed E-state index contributed by atoms with van der Waals surface area (Å²) >= 11 is 0. The van der Waals surface area contributed by atoms with Crippen LogP contribution in [0.2, 0.25) is 0 Å². The smallest absolute Gasteiger partial charge is 0.160 e. The number of hydrogen-bond donors (Lipinski definition) is 1. The van der Waals surface area contributed by atoms with Crippen LogP contribution in [-0.4, -0.2) is 31.7 Å². The standard InChI is InChI=1S/C12H15FO4/c1-15-11-3-2-8(13)6-9(11)10(14)7-12-16-4-5-17-12/h2-3,6,10,12,14H,4-5,7H2,1H3. The lowest BCUT2D eigenvalue weighted by Gasteiger charge is -2.17. The molecule has 1 aliphatic rings. The second-order valence-electron chi connectivity index (χ2n) is 3.81. The summed E-state index contributed by atoms with van der Waals surface area (Å²) in [4.78, 5) is 0. The van der Waals surface area contributed by atoms with Gasteiger partial charge >= 0.3 is 0 Å². The number of benzene rings is 1. The zero-order valence-electron chi connectivity index (χ0n) is 9.56. The molecule has 2 rings (SSSR count). The number of halogens is 1. The third-order valence-electron chi connectivity index (χ3n) is 2.66. The molecule has 1 saturated heterocycles. The molecule has 0 amide bonds. The molecular formula is C12H15FO4. The minimum atomic E-state index is -0.872. The van der Waals surface area contributed by atoms with Gasteiger partial charge in [0, 0.05) is 12.0 Å². The molecule has 0 aliphatic carbocycles. The molecule has 0 bridgehead atoms. The van der Waals surface area contributed by atoms with Crippen molar-refractivity contribution in [2.24, 2.45) is 0 Å². The number of aliphatic hydroxyl groups is 1. The van der Waals surface area contributed by atoms with E-state index in [2.05, 4.69) is 0 Å². The number of ether oxygens (including phenoxy) is 3. The van der Waals surface area contributed by atoms with Gasteiger partial charge in [0.05, 0.1) is 26.4 Å². The Morgan fingerprint density at radius 2 is 2.18 bits per heavy atom. The molecule has 4 nitrogen and oxygen atoms in total. The highest BCUT2D eigenvalue weighted by atomic mass is 19.1. The van der Waals surface area contributed by atoms with Gasteiger partial charge < -0.3 is 19.3 Å². The molecule has 94 valence electrons. The number of aliphatic hydroxyl groups excluding tert-OH is 1. The van der Waals surface area contributed by atoms with E-state index < -0.39 is 18.2 Å². The van der Waals surface area contributed by atoms with Crippen LogP contribution in [0.5, 0.6) is 5.75 Å². The van der Waals surface area contributed by atoms with Crippen LogP contribution in [-0.2, 0) is 9.47 Å². The van der Waals surface area contributed by atoms with Crippen LogP contribution in [0.3, 0.4) is 0 Å². The van der Waals surface area contributed by atoms with Crippen molar-refractivity contribution in [1.82, 2.24) is 0 Å². The molecule has 17 heavy (non-hydrogen) atoms. The monoisotopic (exact) mass is 242 g/mol. The first kappa shape index (κ1) is 12.3. The van der Waals surface area contributed by atoms with Gasteiger partial charge in [0.1, 0.15) is 11.6 Å². The lowest BCUT2D eigenvalue weighted by Crippen LogP contribution is -2.13. The second kappa shape index (κ2) is 5.44. The molecule has 1 N–H and O–H groups in total. The molecule has 5 heteroatoms. The van der Waals surface area contributed by atoms with E-state index >= 15 is 0 Å². The Kier molecular flexibility index (Phi) is 3.93. The Bertz CT molecular complexity index is 377. The van der Waals surface area contributed by atoms with E-state index in [4.69, 9.17) is 14.2 Å². The molecule has 0 aromatic heterocycles. The van der Waals surface area contributed by atoms with Crippen LogP contribution in [0.1, 0.15) is 18.1 Å². The summed E-state index contributed by atoms with van der Waals surface area (Å²) < 4.78 is 28.7. The molecule has 1 heterocycles. The van der Waals surface area contributed by atoms with Gasteiger partial charge in [0.15, 0.2) is 6.29 Å². The van der Waals surface area contributed by atoms with E-state index in [-0.39, 0.29) is 6.42 Å². The van der Waals surface area contributed by atoms with Crippen molar-refractivity contribution in [3.05, 3.63) is 29.6 Å². The van der Waals surface area contributed by atoms with E-state index in [1.165, 1.54) is 25.3 Å². The van der Waals surface area contributed by atoms with Gasteiger partial charge in [-0.05, 0) is 18.2 Å². The van der Waals surface area contributed by atoms with Crippen molar-refractivity contribution in [2.45, 2.75) is 18.8 Å². The fourth-order valence-corrected chi connectivity index (χ4v) is 1.82. The van der Waals surface area contributed by atoms with Crippen molar-refractivity contribution < 1.29 is 23.7 Å². The van der Waals surface area contributed by atoms with E-state index in [9.17, 15) is 9.50 Å². The lowest BCUT2D eigenvalue weighted by atomic mass is 10.0. The predicted octanol–water partition coefficient (Wildman–Crippen LogP) is 1.63. The van der Waals surface area contributed by atoms with Crippen LogP contribution in [0.25, 0.3) is 0 Å². The SMILES string of the molecule is COc1ccc(F)cc1C(O)CC1OCCO1. The summed E-state index contributed by atoms with van der Waals surface area (Å²) in [7, 11) is 1.48. The Morgan fingerprint density at radius 1 is 1.47 bits per heavy atom. The molecule has 1 unspecified atom stereocenters. The van der Waals surface area contributed by atoms with Crippen LogP contribution in [0.4, 0.5) is 4.39 Å². The summed E-state index contributed by atoms with van der Waals surface area (Å²) in [5.41, 5.74) is 0.409. The predicted molar refractivity (Wildman–Crippen MR) is 58.2 cm³/mol. The number of methoxy groups -OCH3 is 1. The summed E-state index contributed by atoms with van der Waals surface area (Å²) in [5.74, 6) is 0.0463. The summed E-state index contributed by atoms with van der Waals surface area (Å²) in [6.45, 7) is 1.05. The van der Waals surface area contributed by atoms with Gasteiger partial charge in [-0.3, -0.25) is 0 Å². The van der Waals surface area contributed by atoms with Crippen molar-refractivity contribution >= 4 is 0 Å². The quantitative estimate of drug-likeness (QED) is 0.871. The third-order valence-corrected chi connectivity index (χ3v) is 2.66. The molecule has 1 aliphatic heterocycles. The minimum absolute atomic E-state index is 0.264. The molecule has 0 radical (unpaired) electrons. The highest BCUT2D eigenvalue weighted by Gasteiger charge is 2.23. The molecule has 0 spiro atoms. The normalized spacial score (nSPS) is 18.3. The van der Waals surface area contributed by atoms with E-state index in [0.717, 1.165) is 0 Å². The number of hydrogen-bond acceptors (Lipinski definition) is 4. The largest absolute Gasteiger partial charge is 0.496 e. The van der Waals surface area contributed by atoms with Gasteiger partial charge in [-0.1, -0.05) is 0 Å². The van der Waals surface area contributed by atoms with Crippen molar-refractivity contribution in [1.29, 1.82) is 0 Å². The van der Waals surface area contributed by atoms with Gasteiger partial charge in [-0.25, -0.2) is 4.39 Å². The maximum Gasteiger partial charge on any atom is 0.160 e.